The Balaban J connectivity index is 1.82. The number of aryl methyl sites for hydroxylation is 2. The van der Waals surface area contributed by atoms with Gasteiger partial charge >= 0.3 is 0 Å². The minimum absolute atomic E-state index is 0.169. The first-order valence-electron chi connectivity index (χ1n) is 9.36. The predicted molar refractivity (Wildman–Crippen MR) is 120 cm³/mol. The van der Waals surface area contributed by atoms with Gasteiger partial charge in [-0.05, 0) is 61.4 Å². The van der Waals surface area contributed by atoms with Crippen molar-refractivity contribution in [1.82, 2.24) is 4.90 Å². The van der Waals surface area contributed by atoms with Crippen molar-refractivity contribution in [2.24, 2.45) is 0 Å². The van der Waals surface area contributed by atoms with Gasteiger partial charge in [0.1, 0.15) is 0 Å². The number of carbonyl (C=O) groups excluding carboxylic acids is 1. The fourth-order valence-electron chi connectivity index (χ4n) is 2.99. The summed E-state index contributed by atoms with van der Waals surface area (Å²) in [5.74, 6) is -0.217. The molecule has 0 aliphatic heterocycles. The average molecular weight is 443 g/mol. The molecule has 0 aromatic heterocycles. The van der Waals surface area contributed by atoms with Crippen LogP contribution in [0.5, 0.6) is 0 Å². The summed E-state index contributed by atoms with van der Waals surface area (Å²) in [6.07, 6.45) is 0. The molecule has 0 atom stereocenters. The number of sulfonamides is 1. The third-order valence-electron chi connectivity index (χ3n) is 4.72. The summed E-state index contributed by atoms with van der Waals surface area (Å²) in [4.78, 5) is 14.6. The Morgan fingerprint density at radius 1 is 1.00 bits per heavy atom. The third kappa shape index (κ3) is 5.20. The number of hydrogen-bond donors (Lipinski definition) is 1. The van der Waals surface area contributed by atoms with Gasteiger partial charge in [-0.3, -0.25) is 9.52 Å². The van der Waals surface area contributed by atoms with Crippen molar-refractivity contribution in [1.29, 1.82) is 0 Å². The van der Waals surface area contributed by atoms with Crippen LogP contribution in [0.15, 0.2) is 71.6 Å². The zero-order valence-corrected chi connectivity index (χ0v) is 18.6. The first kappa shape index (κ1) is 21.9. The molecule has 0 aliphatic rings. The molecule has 0 radical (unpaired) electrons. The van der Waals surface area contributed by atoms with E-state index in [1.165, 1.54) is 0 Å². The van der Waals surface area contributed by atoms with E-state index in [0.717, 1.165) is 16.7 Å². The molecule has 156 valence electrons. The van der Waals surface area contributed by atoms with Gasteiger partial charge in [0.2, 0.25) is 0 Å². The van der Waals surface area contributed by atoms with Crippen molar-refractivity contribution >= 4 is 33.2 Å². The van der Waals surface area contributed by atoms with Gasteiger partial charge in [-0.15, -0.1) is 0 Å². The molecule has 3 aromatic carbocycles. The number of rotatable bonds is 6. The van der Waals surface area contributed by atoms with E-state index in [-0.39, 0.29) is 10.8 Å². The molecule has 1 amide bonds. The van der Waals surface area contributed by atoms with Gasteiger partial charge in [0.15, 0.2) is 0 Å². The second-order valence-corrected chi connectivity index (χ2v) is 9.36. The minimum Gasteiger partial charge on any atom is -0.337 e. The highest BCUT2D eigenvalue weighted by Gasteiger charge is 2.18. The molecule has 0 bridgehead atoms. The van der Waals surface area contributed by atoms with Gasteiger partial charge in [-0.2, -0.15) is 0 Å². The Kier molecular flexibility index (Phi) is 6.48. The number of nitrogens with one attached hydrogen (secondary N) is 1. The predicted octanol–water partition coefficient (Wildman–Crippen LogP) is 5.03. The molecule has 3 aromatic rings. The van der Waals surface area contributed by atoms with Crippen molar-refractivity contribution in [2.45, 2.75) is 25.3 Å². The Morgan fingerprint density at radius 2 is 1.70 bits per heavy atom. The molecule has 1 N–H and O–H groups in total. The highest BCUT2D eigenvalue weighted by atomic mass is 35.5. The maximum Gasteiger partial charge on any atom is 0.261 e. The SMILES string of the molecule is Cc1ccc(S(=O)(=O)Nc2cc(C(=O)N(C)Cc3cccc(Cl)c3)ccc2C)cc1. The lowest BCUT2D eigenvalue weighted by Crippen LogP contribution is -2.26. The quantitative estimate of drug-likeness (QED) is 0.582. The summed E-state index contributed by atoms with van der Waals surface area (Å²) in [6, 6.07) is 18.9. The van der Waals surface area contributed by atoms with E-state index >= 15 is 0 Å². The highest BCUT2D eigenvalue weighted by molar-refractivity contribution is 7.92. The van der Waals surface area contributed by atoms with Crippen LogP contribution in [0.1, 0.15) is 27.0 Å². The molecule has 0 saturated carbocycles. The number of carbonyl (C=O) groups is 1. The normalized spacial score (nSPS) is 11.2. The largest absolute Gasteiger partial charge is 0.337 e. The smallest absolute Gasteiger partial charge is 0.261 e. The molecular formula is C23H23ClN2O3S. The topological polar surface area (TPSA) is 66.5 Å². The lowest BCUT2D eigenvalue weighted by molar-refractivity contribution is 0.0785. The van der Waals surface area contributed by atoms with E-state index < -0.39 is 10.0 Å². The van der Waals surface area contributed by atoms with Crippen LogP contribution in [0.25, 0.3) is 0 Å². The van der Waals surface area contributed by atoms with E-state index in [2.05, 4.69) is 4.72 Å². The van der Waals surface area contributed by atoms with Gasteiger partial charge in [0.25, 0.3) is 15.9 Å². The first-order chi connectivity index (χ1) is 14.2. The lowest BCUT2D eigenvalue weighted by atomic mass is 10.1. The lowest BCUT2D eigenvalue weighted by Gasteiger charge is -2.19. The number of benzene rings is 3. The van der Waals surface area contributed by atoms with E-state index in [9.17, 15) is 13.2 Å². The van der Waals surface area contributed by atoms with Crippen molar-refractivity contribution in [3.63, 3.8) is 0 Å². The van der Waals surface area contributed by atoms with Gasteiger partial charge in [-0.1, -0.05) is 47.5 Å². The fourth-order valence-corrected chi connectivity index (χ4v) is 4.32. The molecule has 5 nitrogen and oxygen atoms in total. The average Bonchev–Trinajstić information content (AvgIpc) is 2.69. The van der Waals surface area contributed by atoms with Crippen molar-refractivity contribution < 1.29 is 13.2 Å². The summed E-state index contributed by atoms with van der Waals surface area (Å²) in [6.45, 7) is 4.07. The van der Waals surface area contributed by atoms with Crippen molar-refractivity contribution in [3.8, 4) is 0 Å². The Labute approximate surface area is 182 Å². The summed E-state index contributed by atoms with van der Waals surface area (Å²) in [7, 11) is -2.06. The van der Waals surface area contributed by atoms with Crippen molar-refractivity contribution in [2.75, 3.05) is 11.8 Å². The molecule has 0 heterocycles. The van der Waals surface area contributed by atoms with Crippen LogP contribution in [0, 0.1) is 13.8 Å². The Hall–Kier alpha value is -2.83. The van der Waals surface area contributed by atoms with Crippen LogP contribution < -0.4 is 4.72 Å². The van der Waals surface area contributed by atoms with Crippen LogP contribution >= 0.6 is 11.6 Å². The van der Waals surface area contributed by atoms with Gasteiger partial charge < -0.3 is 4.90 Å². The first-order valence-corrected chi connectivity index (χ1v) is 11.2. The molecule has 0 aliphatic carbocycles. The number of anilines is 1. The monoisotopic (exact) mass is 442 g/mol. The van der Waals surface area contributed by atoms with E-state index in [0.29, 0.717) is 22.8 Å². The van der Waals surface area contributed by atoms with Crippen LogP contribution in [0.4, 0.5) is 5.69 Å². The standard InChI is InChI=1S/C23H23ClN2O3S/c1-16-7-11-21(12-8-16)30(28,29)25-22-14-19(10-9-17(22)2)23(27)26(3)15-18-5-4-6-20(24)13-18/h4-14,25H,15H2,1-3H3. The minimum atomic E-state index is -3.76. The summed E-state index contributed by atoms with van der Waals surface area (Å²) < 4.78 is 28.1. The third-order valence-corrected chi connectivity index (χ3v) is 6.33. The highest BCUT2D eigenvalue weighted by Crippen LogP contribution is 2.23. The Bertz CT molecular complexity index is 1180. The summed E-state index contributed by atoms with van der Waals surface area (Å²) >= 11 is 6.02. The van der Waals surface area contributed by atoms with E-state index in [4.69, 9.17) is 11.6 Å². The number of amides is 1. The molecule has 0 unspecified atom stereocenters. The zero-order valence-electron chi connectivity index (χ0n) is 17.0. The number of nitrogens with zero attached hydrogens (tertiary/aromatic N) is 1. The summed E-state index contributed by atoms with van der Waals surface area (Å²) in [5, 5.41) is 0.608. The molecule has 0 fully saturated rings. The molecule has 30 heavy (non-hydrogen) atoms. The molecule has 3 rings (SSSR count). The van der Waals surface area contributed by atoms with Crippen LogP contribution in [0.2, 0.25) is 5.02 Å². The van der Waals surface area contributed by atoms with Crippen molar-refractivity contribution in [3.05, 3.63) is 94.0 Å². The van der Waals surface area contributed by atoms with Gasteiger partial charge in [-0.25, -0.2) is 8.42 Å². The molecule has 0 spiro atoms. The number of hydrogen-bond acceptors (Lipinski definition) is 3. The maximum absolute atomic E-state index is 12.9. The second-order valence-electron chi connectivity index (χ2n) is 7.24. The molecular weight excluding hydrogens is 420 g/mol. The van der Waals surface area contributed by atoms with Crippen LogP contribution in [-0.4, -0.2) is 26.3 Å². The summed E-state index contributed by atoms with van der Waals surface area (Å²) in [5.41, 5.74) is 3.37. The van der Waals surface area contributed by atoms with E-state index in [1.54, 1.807) is 67.4 Å². The molecule has 7 heteroatoms. The molecule has 0 saturated heterocycles. The zero-order chi connectivity index (χ0) is 21.9. The number of halogens is 1. The van der Waals surface area contributed by atoms with E-state index in [1.807, 2.05) is 25.1 Å². The fraction of sp³-hybridized carbons (Fsp3) is 0.174. The van der Waals surface area contributed by atoms with Crippen LogP contribution in [-0.2, 0) is 16.6 Å². The van der Waals surface area contributed by atoms with Crippen LogP contribution in [0.3, 0.4) is 0 Å². The maximum atomic E-state index is 12.9. The second kappa shape index (κ2) is 8.90. The van der Waals surface area contributed by atoms with Gasteiger partial charge in [0.05, 0.1) is 10.6 Å². The van der Waals surface area contributed by atoms with Gasteiger partial charge in [0, 0.05) is 24.2 Å². The Morgan fingerprint density at radius 3 is 2.37 bits per heavy atom.